The summed E-state index contributed by atoms with van der Waals surface area (Å²) in [5, 5.41) is 39.0. The van der Waals surface area contributed by atoms with E-state index in [1.54, 1.807) is 20.8 Å². The summed E-state index contributed by atoms with van der Waals surface area (Å²) in [7, 11) is 0. The first-order valence-electron chi connectivity index (χ1n) is 10.2. The maximum Gasteiger partial charge on any atom is 0.408 e. The molecule has 2 rings (SSSR count). The maximum atomic E-state index is 11.8. The van der Waals surface area contributed by atoms with Crippen LogP contribution in [0.2, 0.25) is 0 Å². The highest BCUT2D eigenvalue weighted by Gasteiger charge is 2.34. The zero-order valence-corrected chi connectivity index (χ0v) is 19.6. The Morgan fingerprint density at radius 2 is 1.25 bits per heavy atom. The highest BCUT2D eigenvalue weighted by molar-refractivity contribution is 5.85. The number of likely N-dealkylation sites (tertiary alicyclic amines) is 2. The van der Waals surface area contributed by atoms with Gasteiger partial charge < -0.3 is 46.0 Å². The Labute approximate surface area is 223 Å². The lowest BCUT2D eigenvalue weighted by atomic mass is 10.1. The van der Waals surface area contributed by atoms with Crippen LogP contribution in [0.15, 0.2) is 0 Å². The molecule has 0 aliphatic carbocycles. The minimum Gasteiger partial charge on any atom is -0.444 e. The van der Waals surface area contributed by atoms with E-state index in [1.165, 1.54) is 9.80 Å². The number of aliphatic hydroxyl groups is 4. The fraction of sp³-hybridized carbons (Fsp3) is 0.870. The molecule has 2 heterocycles. The van der Waals surface area contributed by atoms with E-state index in [2.05, 4.69) is 5.32 Å². The number of carbonyl (C=O) groups excluding carboxylic acids is 3. The van der Waals surface area contributed by atoms with Crippen molar-refractivity contribution in [2.45, 2.75) is 68.3 Å². The molecule has 2 aliphatic rings. The number of nitrogens with zero attached hydrogens (tertiary/aromatic N) is 2. The van der Waals surface area contributed by atoms with E-state index in [4.69, 9.17) is 20.7 Å². The lowest BCUT2D eigenvalue weighted by Crippen LogP contribution is -2.41. The van der Waals surface area contributed by atoms with Crippen LogP contribution in [-0.4, -0.2) is 118 Å². The van der Waals surface area contributed by atoms with Gasteiger partial charge in [-0.1, -0.05) is 29.7 Å². The first-order chi connectivity index (χ1) is 14.4. The molecule has 3 amide bonds. The van der Waals surface area contributed by atoms with Crippen LogP contribution in [0, 0.1) is 11.8 Å². The van der Waals surface area contributed by atoms with Gasteiger partial charge in [0, 0.05) is 38.0 Å². The Bertz CT molecular complexity index is 621. The van der Waals surface area contributed by atoms with E-state index in [1.807, 2.05) is 0 Å². The number of rotatable bonds is 5. The van der Waals surface area contributed by atoms with Crippen molar-refractivity contribution in [3.63, 3.8) is 0 Å². The number of nitrogens with one attached hydrogen (secondary N) is 1. The van der Waals surface area contributed by atoms with E-state index in [0.29, 0.717) is 19.6 Å². The van der Waals surface area contributed by atoms with Crippen LogP contribution < -0.4 is 11.1 Å². The zero-order valence-electron chi connectivity index (χ0n) is 18.8. The van der Waals surface area contributed by atoms with Gasteiger partial charge in [0.05, 0.1) is 32.0 Å². The van der Waals surface area contributed by atoms with E-state index in [-0.39, 0.29) is 98.6 Å². The number of hydrogen-bond acceptors (Lipinski definition) is 9. The number of ether oxygens (including phenoxy) is 1. The molecule has 36 heavy (non-hydrogen) atoms. The van der Waals surface area contributed by atoms with Crippen LogP contribution in [0.5, 0.6) is 0 Å². The van der Waals surface area contributed by atoms with Gasteiger partial charge >= 0.3 is 6.09 Å². The van der Waals surface area contributed by atoms with Gasteiger partial charge in [-0.05, 0) is 20.8 Å². The van der Waals surface area contributed by atoms with Gasteiger partial charge in [0.1, 0.15) is 12.1 Å². The molecule has 0 aromatic rings. The van der Waals surface area contributed by atoms with Gasteiger partial charge in [0.15, 0.2) is 0 Å². The first kappa shape index (κ1) is 44.3. The van der Waals surface area contributed by atoms with Crippen molar-refractivity contribution >= 4 is 30.3 Å². The monoisotopic (exact) mass is 548 g/mol. The van der Waals surface area contributed by atoms with Gasteiger partial charge in [-0.2, -0.15) is 0 Å². The first-order valence-corrected chi connectivity index (χ1v) is 10.2. The molecule has 4 atom stereocenters. The smallest absolute Gasteiger partial charge is 0.408 e. The van der Waals surface area contributed by atoms with Crippen molar-refractivity contribution in [1.29, 1.82) is 0 Å². The van der Waals surface area contributed by atoms with E-state index in [0.717, 1.165) is 0 Å². The average Bonchev–Trinajstić information content (AvgIpc) is 3.26. The minimum absolute atomic E-state index is 0. The second kappa shape index (κ2) is 20.4. The molecule has 0 spiro atoms. The normalized spacial score (nSPS) is 22.1. The lowest BCUT2D eigenvalue weighted by Gasteiger charge is -2.20. The van der Waals surface area contributed by atoms with Gasteiger partial charge in [-0.25, -0.2) is 4.79 Å². The summed E-state index contributed by atoms with van der Waals surface area (Å²) in [6.45, 7) is 5.91. The quantitative estimate of drug-likeness (QED) is 0.276. The second-order valence-electron chi connectivity index (χ2n) is 8.68. The Morgan fingerprint density at radius 3 is 1.56 bits per heavy atom. The summed E-state index contributed by atoms with van der Waals surface area (Å²) in [6, 6.07) is 0. The number of carbonyl (C=O) groups is 3. The summed E-state index contributed by atoms with van der Waals surface area (Å²) >= 11 is 0. The molecule has 12 nitrogen and oxygen atoms in total. The predicted octanol–water partition coefficient (Wildman–Crippen LogP) is 0.0456. The third-order valence-electron chi connectivity index (χ3n) is 4.94. The number of amides is 3. The van der Waals surface area contributed by atoms with E-state index < -0.39 is 23.9 Å². The van der Waals surface area contributed by atoms with Crippen molar-refractivity contribution in [3.8, 4) is 0 Å². The van der Waals surface area contributed by atoms with Crippen molar-refractivity contribution in [1.82, 2.24) is 15.1 Å². The molecule has 220 valence electrons. The third-order valence-corrected chi connectivity index (χ3v) is 4.94. The molecule has 0 aromatic carbocycles. The summed E-state index contributed by atoms with van der Waals surface area (Å²) in [5.41, 5.74) is 4.54. The Morgan fingerprint density at radius 1 is 0.861 bits per heavy atom. The number of nitrogens with two attached hydrogens (primary N) is 1. The second-order valence-corrected chi connectivity index (χ2v) is 8.68. The molecular weight excluding hydrogens is 496 g/mol. The lowest BCUT2D eigenvalue weighted by molar-refractivity contribution is -0.130. The summed E-state index contributed by atoms with van der Waals surface area (Å²) in [5.74, 6) is -1.00. The van der Waals surface area contributed by atoms with Crippen molar-refractivity contribution in [3.05, 3.63) is 0 Å². The summed E-state index contributed by atoms with van der Waals surface area (Å²) < 4.78 is 5.00. The largest absolute Gasteiger partial charge is 0.444 e. The standard InChI is InChI=1S/C12H22N2O5.C7H14N2O3.4CH4.ClH/c1-12(2,3)19-11(18)13-4-10(17)14-5-8(7-15)9(16)6-14;8-1-7(12)9-2-5(4-10)6(11)3-9;;;;;/h8-9,15-16H,4-7H2,1-3H3,(H,13,18);5-6,10-11H,1-4,8H2;4*1H4;1H/t8-,9-;5-,6-;;;;;/m00...../s1. The van der Waals surface area contributed by atoms with E-state index in [9.17, 15) is 24.6 Å². The van der Waals surface area contributed by atoms with Crippen LogP contribution in [0.25, 0.3) is 0 Å². The number of β-amino-alcohol motifs (C(OH)–C–C–N with tert-alkyl or cyclic N) is 2. The molecule has 0 radical (unpaired) electrons. The SMILES string of the molecule is C.C.C.C.CC(C)(C)OC(=O)NCC(=O)N1C[C@@H](CO)[C@@H](O)C1.Cl.NCC(=O)N1C[C@@H](CO)[C@@H](O)C1. The van der Waals surface area contributed by atoms with E-state index >= 15 is 0 Å². The highest BCUT2D eigenvalue weighted by atomic mass is 35.5. The topological polar surface area (TPSA) is 186 Å². The van der Waals surface area contributed by atoms with Crippen LogP contribution in [0.3, 0.4) is 0 Å². The van der Waals surface area contributed by atoms with Crippen LogP contribution >= 0.6 is 12.4 Å². The highest BCUT2D eigenvalue weighted by Crippen LogP contribution is 2.17. The van der Waals surface area contributed by atoms with Gasteiger partial charge in [0.25, 0.3) is 0 Å². The predicted molar refractivity (Wildman–Crippen MR) is 144 cm³/mol. The summed E-state index contributed by atoms with van der Waals surface area (Å²) in [4.78, 5) is 37.1. The van der Waals surface area contributed by atoms with Gasteiger partial charge in [-0.3, -0.25) is 9.59 Å². The Kier molecular flexibility index (Phi) is 25.1. The van der Waals surface area contributed by atoms with Gasteiger partial charge in [-0.15, -0.1) is 12.4 Å². The Balaban J connectivity index is -0.000000167. The fourth-order valence-electron chi connectivity index (χ4n) is 3.18. The Hall–Kier alpha value is -1.70. The van der Waals surface area contributed by atoms with Crippen molar-refractivity contribution in [2.24, 2.45) is 17.6 Å². The third kappa shape index (κ3) is 14.8. The van der Waals surface area contributed by atoms with Crippen LogP contribution in [-0.2, 0) is 14.3 Å². The van der Waals surface area contributed by atoms with Crippen LogP contribution in [0.4, 0.5) is 4.79 Å². The molecule has 0 bridgehead atoms. The molecular formula is C23H53ClN4O8. The zero-order chi connectivity index (χ0) is 23.8. The number of halogens is 1. The molecule has 7 N–H and O–H groups in total. The molecule has 2 fully saturated rings. The molecule has 13 heteroatoms. The van der Waals surface area contributed by atoms with Crippen molar-refractivity contribution in [2.75, 3.05) is 52.5 Å². The number of aliphatic hydroxyl groups excluding tert-OH is 4. The molecule has 0 saturated carbocycles. The minimum atomic E-state index is -0.713. The van der Waals surface area contributed by atoms with Crippen LogP contribution in [0.1, 0.15) is 50.5 Å². The number of alkyl carbamates (subject to hydrolysis) is 1. The molecule has 0 aromatic heterocycles. The maximum absolute atomic E-state index is 11.8. The summed E-state index contributed by atoms with van der Waals surface area (Å²) in [6.07, 6.45) is -1.97. The van der Waals surface area contributed by atoms with Gasteiger partial charge in [0.2, 0.25) is 11.8 Å². The molecule has 2 saturated heterocycles. The average molecular weight is 549 g/mol. The molecule has 0 unspecified atom stereocenters. The van der Waals surface area contributed by atoms with Crippen molar-refractivity contribution < 1.29 is 39.5 Å². The molecule has 2 aliphatic heterocycles. The fourth-order valence-corrected chi connectivity index (χ4v) is 3.18. The number of hydrogen-bond donors (Lipinski definition) is 6.